The number of hydrogen-bond acceptors (Lipinski definition) is 3. The summed E-state index contributed by atoms with van der Waals surface area (Å²) in [5.41, 5.74) is 1.75. The topological polar surface area (TPSA) is 30.7 Å². The molecule has 3 nitrogen and oxygen atoms in total. The zero-order chi connectivity index (χ0) is 17.7. The van der Waals surface area contributed by atoms with E-state index >= 15 is 0 Å². The molecule has 6 rings (SSSR count). The van der Waals surface area contributed by atoms with E-state index < -0.39 is 0 Å². The SMILES string of the molecule is Cn1c(CC23CC4CC(CC(C4)C2)C3)nnc1SCc1cccc(Cl)c1. The Morgan fingerprint density at radius 1 is 1.12 bits per heavy atom. The first-order valence-corrected chi connectivity index (χ1v) is 11.2. The molecule has 0 amide bonds. The summed E-state index contributed by atoms with van der Waals surface area (Å²) < 4.78 is 2.23. The Balaban J connectivity index is 1.29. The van der Waals surface area contributed by atoms with Gasteiger partial charge in [-0.2, -0.15) is 0 Å². The first-order valence-electron chi connectivity index (χ1n) is 9.84. The molecule has 0 N–H and O–H groups in total. The van der Waals surface area contributed by atoms with Crippen molar-refractivity contribution < 1.29 is 0 Å². The zero-order valence-corrected chi connectivity index (χ0v) is 16.9. The molecule has 0 aliphatic heterocycles. The van der Waals surface area contributed by atoms with Crippen LogP contribution >= 0.6 is 23.4 Å². The number of aromatic nitrogens is 3. The van der Waals surface area contributed by atoms with Crippen LogP contribution in [-0.2, 0) is 19.2 Å². The summed E-state index contributed by atoms with van der Waals surface area (Å²) in [5, 5.41) is 10.9. The highest BCUT2D eigenvalue weighted by Crippen LogP contribution is 2.60. The molecule has 2 aromatic rings. The maximum atomic E-state index is 6.09. The van der Waals surface area contributed by atoms with Crippen molar-refractivity contribution in [2.75, 3.05) is 0 Å². The fourth-order valence-electron chi connectivity index (χ4n) is 6.24. The van der Waals surface area contributed by atoms with E-state index in [0.717, 1.165) is 40.1 Å². The van der Waals surface area contributed by atoms with Gasteiger partial charge in [0.05, 0.1) is 0 Å². The lowest BCUT2D eigenvalue weighted by molar-refractivity contribution is -0.0535. The molecule has 4 bridgehead atoms. The Hall–Kier alpha value is -1.00. The Kier molecular flexibility index (Phi) is 4.32. The van der Waals surface area contributed by atoms with Crippen molar-refractivity contribution in [3.8, 4) is 0 Å². The third-order valence-corrected chi connectivity index (χ3v) is 8.21. The normalized spacial score (nSPS) is 32.3. The minimum Gasteiger partial charge on any atom is -0.309 e. The average Bonchev–Trinajstić information content (AvgIpc) is 2.91. The van der Waals surface area contributed by atoms with Gasteiger partial charge in [-0.3, -0.25) is 0 Å². The highest BCUT2D eigenvalue weighted by Gasteiger charge is 2.51. The van der Waals surface area contributed by atoms with Crippen LogP contribution in [0.1, 0.15) is 49.9 Å². The molecule has 1 aromatic carbocycles. The number of halogens is 1. The second kappa shape index (κ2) is 6.56. The van der Waals surface area contributed by atoms with Gasteiger partial charge >= 0.3 is 0 Å². The van der Waals surface area contributed by atoms with E-state index in [1.54, 1.807) is 11.8 Å². The summed E-state index contributed by atoms with van der Waals surface area (Å²) in [5.74, 6) is 5.04. The standard InChI is InChI=1S/C21H26ClN3S/c1-25-19(12-21-9-15-5-16(10-21)7-17(6-15)11-21)23-24-20(25)26-13-14-3-2-4-18(22)8-14/h2-4,8,15-17H,5-7,9-13H2,1H3. The van der Waals surface area contributed by atoms with Crippen molar-refractivity contribution in [3.05, 3.63) is 40.7 Å². The monoisotopic (exact) mass is 387 g/mol. The van der Waals surface area contributed by atoms with Crippen LogP contribution in [-0.4, -0.2) is 14.8 Å². The molecule has 0 radical (unpaired) electrons. The second-order valence-corrected chi connectivity index (χ2v) is 10.3. The fourth-order valence-corrected chi connectivity index (χ4v) is 7.33. The van der Waals surface area contributed by atoms with E-state index in [0.29, 0.717) is 5.41 Å². The molecule has 4 aliphatic rings. The summed E-state index contributed by atoms with van der Waals surface area (Å²) in [6, 6.07) is 8.07. The molecule has 0 unspecified atom stereocenters. The lowest BCUT2D eigenvalue weighted by atomic mass is 9.49. The van der Waals surface area contributed by atoms with Crippen LogP contribution in [0.4, 0.5) is 0 Å². The van der Waals surface area contributed by atoms with Crippen molar-refractivity contribution in [3.63, 3.8) is 0 Å². The van der Waals surface area contributed by atoms with Crippen LogP contribution in [0.25, 0.3) is 0 Å². The molecule has 1 aromatic heterocycles. The van der Waals surface area contributed by atoms with Crippen LogP contribution in [0.5, 0.6) is 0 Å². The Bertz CT molecular complexity index is 780. The first kappa shape index (κ1) is 17.1. The van der Waals surface area contributed by atoms with Crippen LogP contribution in [0.2, 0.25) is 5.02 Å². The van der Waals surface area contributed by atoms with Crippen LogP contribution in [0.3, 0.4) is 0 Å². The quantitative estimate of drug-likeness (QED) is 0.633. The van der Waals surface area contributed by atoms with E-state index in [9.17, 15) is 0 Å². The second-order valence-electron chi connectivity index (χ2n) is 8.97. The Labute approximate surface area is 164 Å². The maximum Gasteiger partial charge on any atom is 0.191 e. The Morgan fingerprint density at radius 2 is 1.81 bits per heavy atom. The largest absolute Gasteiger partial charge is 0.309 e. The molecule has 4 fully saturated rings. The molecule has 4 aliphatic carbocycles. The number of benzene rings is 1. The van der Waals surface area contributed by atoms with Gasteiger partial charge in [-0.15, -0.1) is 10.2 Å². The van der Waals surface area contributed by atoms with Gasteiger partial charge in [-0.25, -0.2) is 0 Å². The molecule has 1 heterocycles. The van der Waals surface area contributed by atoms with Gasteiger partial charge in [0.1, 0.15) is 5.82 Å². The van der Waals surface area contributed by atoms with Gasteiger partial charge in [0, 0.05) is 24.2 Å². The van der Waals surface area contributed by atoms with Gasteiger partial charge in [-0.05, 0) is 79.4 Å². The number of nitrogens with zero attached hydrogens (tertiary/aromatic N) is 3. The molecule has 5 heteroatoms. The summed E-state index contributed by atoms with van der Waals surface area (Å²) in [6.45, 7) is 0. The van der Waals surface area contributed by atoms with Gasteiger partial charge < -0.3 is 4.57 Å². The van der Waals surface area contributed by atoms with Gasteiger partial charge in [0.2, 0.25) is 0 Å². The number of hydrogen-bond donors (Lipinski definition) is 0. The highest BCUT2D eigenvalue weighted by atomic mass is 35.5. The van der Waals surface area contributed by atoms with Crippen molar-refractivity contribution in [1.29, 1.82) is 0 Å². The molecule has 0 atom stereocenters. The smallest absolute Gasteiger partial charge is 0.191 e. The van der Waals surface area contributed by atoms with Crippen molar-refractivity contribution in [2.45, 2.75) is 55.9 Å². The zero-order valence-electron chi connectivity index (χ0n) is 15.3. The highest BCUT2D eigenvalue weighted by molar-refractivity contribution is 7.98. The summed E-state index contributed by atoms with van der Waals surface area (Å²) in [6.07, 6.45) is 9.90. The van der Waals surface area contributed by atoms with E-state index in [4.69, 9.17) is 11.6 Å². The van der Waals surface area contributed by atoms with Crippen LogP contribution < -0.4 is 0 Å². The molecule has 138 valence electrons. The van der Waals surface area contributed by atoms with Gasteiger partial charge in [0.15, 0.2) is 5.16 Å². The summed E-state index contributed by atoms with van der Waals surface area (Å²) >= 11 is 7.84. The lowest BCUT2D eigenvalue weighted by Gasteiger charge is -2.56. The third-order valence-electron chi connectivity index (χ3n) is 6.88. The van der Waals surface area contributed by atoms with E-state index in [1.165, 1.54) is 49.9 Å². The van der Waals surface area contributed by atoms with Gasteiger partial charge in [0.25, 0.3) is 0 Å². The van der Waals surface area contributed by atoms with Crippen molar-refractivity contribution in [2.24, 2.45) is 30.2 Å². The first-order chi connectivity index (χ1) is 12.6. The molecule has 26 heavy (non-hydrogen) atoms. The molecular weight excluding hydrogens is 362 g/mol. The minimum absolute atomic E-state index is 0.518. The summed E-state index contributed by atoms with van der Waals surface area (Å²) in [4.78, 5) is 0. The third kappa shape index (κ3) is 3.20. The number of thioether (sulfide) groups is 1. The van der Waals surface area contributed by atoms with E-state index in [1.807, 2.05) is 18.2 Å². The predicted octanol–water partition coefficient (Wildman–Crippen LogP) is 5.52. The molecule has 4 saturated carbocycles. The fraction of sp³-hybridized carbons (Fsp3) is 0.619. The average molecular weight is 388 g/mol. The van der Waals surface area contributed by atoms with Crippen LogP contribution in [0.15, 0.2) is 29.4 Å². The number of rotatable bonds is 5. The maximum absolute atomic E-state index is 6.09. The predicted molar refractivity (Wildman–Crippen MR) is 106 cm³/mol. The Morgan fingerprint density at radius 3 is 2.46 bits per heavy atom. The minimum atomic E-state index is 0.518. The van der Waals surface area contributed by atoms with Crippen molar-refractivity contribution in [1.82, 2.24) is 14.8 Å². The summed E-state index contributed by atoms with van der Waals surface area (Å²) in [7, 11) is 2.14. The molecule has 0 spiro atoms. The van der Waals surface area contributed by atoms with Gasteiger partial charge in [-0.1, -0.05) is 35.5 Å². The van der Waals surface area contributed by atoms with Crippen LogP contribution in [0, 0.1) is 23.2 Å². The lowest BCUT2D eigenvalue weighted by Crippen LogP contribution is -2.47. The van der Waals surface area contributed by atoms with E-state index in [2.05, 4.69) is 27.9 Å². The van der Waals surface area contributed by atoms with E-state index in [-0.39, 0.29) is 0 Å². The molecular formula is C21H26ClN3S. The molecule has 0 saturated heterocycles. The van der Waals surface area contributed by atoms with Crippen molar-refractivity contribution >= 4 is 23.4 Å².